The Kier molecular flexibility index (Phi) is 9.14. The van der Waals surface area contributed by atoms with E-state index in [-0.39, 0.29) is 6.03 Å². The lowest BCUT2D eigenvalue weighted by Gasteiger charge is -2.12. The summed E-state index contributed by atoms with van der Waals surface area (Å²) in [6.45, 7) is 3.36. The smallest absolute Gasteiger partial charge is 0.319 e. The fraction of sp³-hybridized carbons (Fsp3) is 0.214. The second-order valence-corrected chi connectivity index (χ2v) is 9.92. The number of ether oxygens (including phenoxy) is 2. The number of aromatic nitrogens is 2. The van der Waals surface area contributed by atoms with Crippen LogP contribution < -0.4 is 20.1 Å². The Morgan fingerprint density at radius 2 is 1.57 bits per heavy atom. The standard InChI is InChI=1S/C28H29BrN4O3S/c1-4-33-26(20-11-15-22(36-3)16-12-20)25(19-9-13-21(35-2)14-10-19)32-28(33)37-18-17-30-27(34)31-24-8-6-5-7-23(24)29/h5-16H,4,17-18H2,1-3H3,(H2,30,31,34). The molecule has 0 fully saturated rings. The number of para-hydroxylation sites is 1. The Morgan fingerprint density at radius 1 is 0.946 bits per heavy atom. The lowest BCUT2D eigenvalue weighted by Crippen LogP contribution is -2.30. The molecule has 0 radical (unpaired) electrons. The number of imidazole rings is 1. The zero-order chi connectivity index (χ0) is 26.2. The Labute approximate surface area is 229 Å². The zero-order valence-corrected chi connectivity index (χ0v) is 23.4. The topological polar surface area (TPSA) is 77.4 Å². The van der Waals surface area contributed by atoms with Crippen LogP contribution >= 0.6 is 27.7 Å². The molecule has 4 rings (SSSR count). The van der Waals surface area contributed by atoms with Crippen LogP contribution in [0.4, 0.5) is 10.5 Å². The zero-order valence-electron chi connectivity index (χ0n) is 21.0. The van der Waals surface area contributed by atoms with E-state index in [1.807, 2.05) is 60.7 Å². The molecular formula is C28H29BrN4O3S. The van der Waals surface area contributed by atoms with E-state index >= 15 is 0 Å². The first kappa shape index (κ1) is 26.6. The van der Waals surface area contributed by atoms with E-state index in [1.165, 1.54) is 0 Å². The highest BCUT2D eigenvalue weighted by Crippen LogP contribution is 2.37. The number of benzene rings is 3. The van der Waals surface area contributed by atoms with Gasteiger partial charge in [-0.25, -0.2) is 9.78 Å². The van der Waals surface area contributed by atoms with Gasteiger partial charge in [0.15, 0.2) is 5.16 Å². The lowest BCUT2D eigenvalue weighted by molar-refractivity contribution is 0.252. The average molecular weight is 582 g/mol. The van der Waals surface area contributed by atoms with Crippen molar-refractivity contribution in [3.8, 4) is 34.0 Å². The van der Waals surface area contributed by atoms with Crippen LogP contribution in [-0.2, 0) is 6.54 Å². The maximum atomic E-state index is 12.3. The van der Waals surface area contributed by atoms with Gasteiger partial charge in [0, 0.05) is 34.4 Å². The molecule has 4 aromatic rings. The largest absolute Gasteiger partial charge is 0.497 e. The number of thioether (sulfide) groups is 1. The van der Waals surface area contributed by atoms with E-state index in [4.69, 9.17) is 14.5 Å². The molecule has 0 saturated carbocycles. The van der Waals surface area contributed by atoms with Crippen LogP contribution in [0.1, 0.15) is 6.92 Å². The summed E-state index contributed by atoms with van der Waals surface area (Å²) in [4.78, 5) is 17.4. The van der Waals surface area contributed by atoms with Crippen LogP contribution in [0.25, 0.3) is 22.5 Å². The Balaban J connectivity index is 1.54. The minimum Gasteiger partial charge on any atom is -0.497 e. The minimum absolute atomic E-state index is 0.246. The van der Waals surface area contributed by atoms with Crippen molar-refractivity contribution in [3.63, 3.8) is 0 Å². The highest BCUT2D eigenvalue weighted by Gasteiger charge is 2.20. The molecule has 37 heavy (non-hydrogen) atoms. The molecule has 0 aliphatic carbocycles. The quantitative estimate of drug-likeness (QED) is 0.157. The summed E-state index contributed by atoms with van der Waals surface area (Å²) in [6.07, 6.45) is 0. The van der Waals surface area contributed by atoms with Crippen molar-refractivity contribution in [1.29, 1.82) is 0 Å². The molecule has 1 heterocycles. The normalized spacial score (nSPS) is 10.7. The third-order valence-corrected chi connectivity index (χ3v) is 7.39. The van der Waals surface area contributed by atoms with Crippen molar-refractivity contribution >= 4 is 39.4 Å². The number of rotatable bonds is 10. The highest BCUT2D eigenvalue weighted by molar-refractivity contribution is 9.10. The van der Waals surface area contributed by atoms with Gasteiger partial charge in [0.1, 0.15) is 11.5 Å². The van der Waals surface area contributed by atoms with E-state index in [2.05, 4.69) is 50.2 Å². The van der Waals surface area contributed by atoms with Crippen LogP contribution in [0.2, 0.25) is 0 Å². The first-order chi connectivity index (χ1) is 18.0. The number of anilines is 1. The fourth-order valence-electron chi connectivity index (χ4n) is 3.86. The molecule has 192 valence electrons. The number of urea groups is 1. The Hall–Kier alpha value is -3.43. The van der Waals surface area contributed by atoms with Crippen LogP contribution in [0.15, 0.2) is 82.4 Å². The van der Waals surface area contributed by atoms with E-state index in [0.717, 1.165) is 55.9 Å². The lowest BCUT2D eigenvalue weighted by atomic mass is 10.0. The van der Waals surface area contributed by atoms with Gasteiger partial charge in [0.05, 0.1) is 31.3 Å². The van der Waals surface area contributed by atoms with E-state index in [1.54, 1.807) is 26.0 Å². The second kappa shape index (κ2) is 12.7. The summed E-state index contributed by atoms with van der Waals surface area (Å²) in [5.41, 5.74) is 4.72. The predicted molar refractivity (Wildman–Crippen MR) is 154 cm³/mol. The molecule has 0 saturated heterocycles. The molecule has 2 amide bonds. The van der Waals surface area contributed by atoms with Crippen LogP contribution in [0.3, 0.4) is 0 Å². The Bertz CT molecular complexity index is 1340. The molecule has 2 N–H and O–H groups in total. The molecule has 0 spiro atoms. The summed E-state index contributed by atoms with van der Waals surface area (Å²) >= 11 is 5.06. The van der Waals surface area contributed by atoms with Crippen molar-refractivity contribution in [2.24, 2.45) is 0 Å². The van der Waals surface area contributed by atoms with Gasteiger partial charge in [0.25, 0.3) is 0 Å². The van der Waals surface area contributed by atoms with Crippen molar-refractivity contribution in [2.75, 3.05) is 31.8 Å². The van der Waals surface area contributed by atoms with Gasteiger partial charge in [-0.15, -0.1) is 0 Å². The number of methoxy groups -OCH3 is 2. The molecule has 0 aliphatic heterocycles. The maximum Gasteiger partial charge on any atom is 0.319 e. The van der Waals surface area contributed by atoms with Gasteiger partial charge in [-0.2, -0.15) is 0 Å². The number of halogens is 1. The summed E-state index contributed by atoms with van der Waals surface area (Å²) in [5.74, 6) is 2.27. The molecule has 7 nitrogen and oxygen atoms in total. The first-order valence-electron chi connectivity index (χ1n) is 11.9. The molecule has 9 heteroatoms. The number of hydrogen-bond donors (Lipinski definition) is 2. The van der Waals surface area contributed by atoms with E-state index in [9.17, 15) is 4.79 Å². The van der Waals surface area contributed by atoms with Gasteiger partial charge >= 0.3 is 6.03 Å². The number of nitrogens with zero attached hydrogens (tertiary/aromatic N) is 2. The third kappa shape index (κ3) is 6.47. The van der Waals surface area contributed by atoms with Gasteiger partial charge in [-0.3, -0.25) is 0 Å². The molecule has 1 aromatic heterocycles. The molecule has 0 aliphatic rings. The molecule has 3 aromatic carbocycles. The van der Waals surface area contributed by atoms with Crippen LogP contribution in [-0.4, -0.2) is 42.1 Å². The van der Waals surface area contributed by atoms with Crippen molar-refractivity contribution in [2.45, 2.75) is 18.6 Å². The highest BCUT2D eigenvalue weighted by atomic mass is 79.9. The number of hydrogen-bond acceptors (Lipinski definition) is 5. The third-order valence-electron chi connectivity index (χ3n) is 5.72. The van der Waals surface area contributed by atoms with Crippen LogP contribution in [0.5, 0.6) is 11.5 Å². The first-order valence-corrected chi connectivity index (χ1v) is 13.6. The molecular weight excluding hydrogens is 552 g/mol. The summed E-state index contributed by atoms with van der Waals surface area (Å²) < 4.78 is 13.7. The minimum atomic E-state index is -0.246. The summed E-state index contributed by atoms with van der Waals surface area (Å²) in [7, 11) is 3.32. The monoisotopic (exact) mass is 580 g/mol. The van der Waals surface area contributed by atoms with Crippen molar-refractivity contribution < 1.29 is 14.3 Å². The molecule has 0 atom stereocenters. The van der Waals surface area contributed by atoms with Crippen molar-refractivity contribution in [1.82, 2.24) is 14.9 Å². The molecule has 0 unspecified atom stereocenters. The van der Waals surface area contributed by atoms with Crippen molar-refractivity contribution in [3.05, 3.63) is 77.3 Å². The fourth-order valence-corrected chi connectivity index (χ4v) is 5.17. The van der Waals surface area contributed by atoms with Gasteiger partial charge in [0.2, 0.25) is 0 Å². The van der Waals surface area contributed by atoms with Crippen LogP contribution in [0, 0.1) is 0 Å². The van der Waals surface area contributed by atoms with Gasteiger partial charge in [-0.05, 0) is 83.5 Å². The summed E-state index contributed by atoms with van der Waals surface area (Å²) in [6, 6.07) is 23.2. The number of carbonyl (C=O) groups excluding carboxylic acids is 1. The summed E-state index contributed by atoms with van der Waals surface area (Å²) in [5, 5.41) is 6.67. The van der Waals surface area contributed by atoms with Gasteiger partial charge < -0.3 is 24.7 Å². The predicted octanol–water partition coefficient (Wildman–Crippen LogP) is 6.93. The van der Waals surface area contributed by atoms with E-state index in [0.29, 0.717) is 12.3 Å². The second-order valence-electron chi connectivity index (χ2n) is 8.00. The molecule has 0 bridgehead atoms. The SMILES string of the molecule is CCn1c(SCCNC(=O)Nc2ccccc2Br)nc(-c2ccc(OC)cc2)c1-c1ccc(OC)cc1. The van der Waals surface area contributed by atoms with E-state index < -0.39 is 0 Å². The number of amides is 2. The number of carbonyl (C=O) groups is 1. The maximum absolute atomic E-state index is 12.3. The average Bonchev–Trinajstić information content (AvgIpc) is 3.31. The van der Waals surface area contributed by atoms with Gasteiger partial charge in [-0.1, -0.05) is 23.9 Å². The number of nitrogens with one attached hydrogen (secondary N) is 2. The Morgan fingerprint density at radius 3 is 2.16 bits per heavy atom.